The van der Waals surface area contributed by atoms with Crippen molar-refractivity contribution in [3.63, 3.8) is 0 Å². The summed E-state index contributed by atoms with van der Waals surface area (Å²) in [4.78, 5) is 0. The van der Waals surface area contributed by atoms with Crippen LogP contribution in [0.1, 0.15) is 31.2 Å². The average Bonchev–Trinajstić information content (AvgIpc) is 2.76. The first-order valence-corrected chi connectivity index (χ1v) is 6.13. The lowest BCUT2D eigenvalue weighted by Crippen LogP contribution is -2.32. The number of hydrogen-bond donors (Lipinski definition) is 1. The fourth-order valence-corrected chi connectivity index (χ4v) is 1.88. The lowest BCUT2D eigenvalue weighted by atomic mass is 9.85. The zero-order chi connectivity index (χ0) is 13.0. The number of hydrogen-bond acceptors (Lipinski definition) is 4. The Kier molecular flexibility index (Phi) is 3.77. The summed E-state index contributed by atoms with van der Waals surface area (Å²) in [5.74, 6) is 1.24. The Morgan fingerprint density at radius 1 is 1.17 bits per heavy atom. The molecule has 0 amide bonds. The number of benzene rings is 1. The molecule has 0 fully saturated rings. The third kappa shape index (κ3) is 3.17. The largest absolute Gasteiger partial charge is 0.424 e. The van der Waals surface area contributed by atoms with Gasteiger partial charge in [-0.2, -0.15) is 0 Å². The van der Waals surface area contributed by atoms with Gasteiger partial charge in [0.25, 0.3) is 0 Å². The van der Waals surface area contributed by atoms with Crippen LogP contribution in [0.5, 0.6) is 0 Å². The Morgan fingerprint density at radius 3 is 2.50 bits per heavy atom. The highest BCUT2D eigenvalue weighted by Gasteiger charge is 2.19. The molecule has 2 aromatic rings. The number of rotatable bonds is 5. The van der Waals surface area contributed by atoms with Crippen molar-refractivity contribution in [3.05, 3.63) is 47.7 Å². The maximum atomic E-state index is 5.32. The van der Waals surface area contributed by atoms with Crippen LogP contribution in [0, 0.1) is 6.92 Å². The van der Waals surface area contributed by atoms with Crippen LogP contribution in [-0.4, -0.2) is 16.7 Å². The predicted molar refractivity (Wildman–Crippen MR) is 70.2 cm³/mol. The zero-order valence-corrected chi connectivity index (χ0v) is 11.1. The van der Waals surface area contributed by atoms with Gasteiger partial charge in [0.15, 0.2) is 0 Å². The van der Waals surface area contributed by atoms with Crippen molar-refractivity contribution in [3.8, 4) is 0 Å². The molecule has 0 saturated carbocycles. The van der Waals surface area contributed by atoms with Gasteiger partial charge in [-0.3, -0.25) is 0 Å². The van der Waals surface area contributed by atoms with E-state index in [2.05, 4.69) is 53.6 Å². The smallest absolute Gasteiger partial charge is 0.230 e. The summed E-state index contributed by atoms with van der Waals surface area (Å²) in [5.41, 5.74) is 1.40. The Labute approximate surface area is 107 Å². The van der Waals surface area contributed by atoms with Crippen molar-refractivity contribution >= 4 is 0 Å². The van der Waals surface area contributed by atoms with Crippen LogP contribution in [0.25, 0.3) is 0 Å². The molecule has 2 rings (SSSR count). The Bertz CT molecular complexity index is 491. The number of aromatic nitrogens is 2. The summed E-state index contributed by atoms with van der Waals surface area (Å²) >= 11 is 0. The van der Waals surface area contributed by atoms with E-state index in [4.69, 9.17) is 4.42 Å². The van der Waals surface area contributed by atoms with Gasteiger partial charge in [-0.1, -0.05) is 44.2 Å². The number of aryl methyl sites for hydroxylation is 1. The Hall–Kier alpha value is -1.68. The van der Waals surface area contributed by atoms with E-state index in [-0.39, 0.29) is 5.41 Å². The van der Waals surface area contributed by atoms with E-state index in [1.165, 1.54) is 5.56 Å². The van der Waals surface area contributed by atoms with Gasteiger partial charge in [-0.25, -0.2) is 0 Å². The van der Waals surface area contributed by atoms with Crippen LogP contribution in [0.2, 0.25) is 0 Å². The monoisotopic (exact) mass is 245 g/mol. The van der Waals surface area contributed by atoms with E-state index in [1.54, 1.807) is 6.92 Å². The van der Waals surface area contributed by atoms with Gasteiger partial charge in [-0.15, -0.1) is 10.2 Å². The zero-order valence-electron chi connectivity index (χ0n) is 11.1. The second-order valence-electron chi connectivity index (χ2n) is 5.07. The van der Waals surface area contributed by atoms with Crippen LogP contribution in [0.3, 0.4) is 0 Å². The molecule has 4 nitrogen and oxygen atoms in total. The lowest BCUT2D eigenvalue weighted by molar-refractivity contribution is 0.414. The molecule has 4 heteroatoms. The molecule has 0 spiro atoms. The van der Waals surface area contributed by atoms with Crippen LogP contribution < -0.4 is 5.32 Å². The second kappa shape index (κ2) is 5.31. The molecule has 0 aliphatic heterocycles. The third-order valence-corrected chi connectivity index (χ3v) is 2.97. The first-order valence-electron chi connectivity index (χ1n) is 6.13. The van der Waals surface area contributed by atoms with Crippen molar-refractivity contribution in [2.75, 3.05) is 6.54 Å². The van der Waals surface area contributed by atoms with Gasteiger partial charge >= 0.3 is 0 Å². The van der Waals surface area contributed by atoms with Gasteiger partial charge in [0.05, 0.1) is 6.54 Å². The van der Waals surface area contributed by atoms with Crippen molar-refractivity contribution in [1.29, 1.82) is 0 Å². The summed E-state index contributed by atoms with van der Waals surface area (Å²) in [7, 11) is 0. The molecule has 0 aliphatic carbocycles. The predicted octanol–water partition coefficient (Wildman–Crippen LogP) is 2.45. The van der Waals surface area contributed by atoms with Crippen LogP contribution in [0.4, 0.5) is 0 Å². The highest BCUT2D eigenvalue weighted by atomic mass is 16.4. The molecule has 0 aliphatic rings. The molecule has 96 valence electrons. The number of nitrogens with zero attached hydrogens (tertiary/aromatic N) is 2. The van der Waals surface area contributed by atoms with E-state index in [0.717, 1.165) is 6.54 Å². The maximum Gasteiger partial charge on any atom is 0.230 e. The van der Waals surface area contributed by atoms with E-state index < -0.39 is 0 Å². The molecule has 0 radical (unpaired) electrons. The molecule has 1 heterocycles. The van der Waals surface area contributed by atoms with Crippen LogP contribution in [-0.2, 0) is 12.0 Å². The summed E-state index contributed by atoms with van der Waals surface area (Å²) in [6.45, 7) is 7.70. The molecule has 0 saturated heterocycles. The van der Waals surface area contributed by atoms with E-state index >= 15 is 0 Å². The summed E-state index contributed by atoms with van der Waals surface area (Å²) in [6.07, 6.45) is 0. The van der Waals surface area contributed by atoms with Crippen LogP contribution >= 0.6 is 0 Å². The minimum atomic E-state index is 0.0797. The van der Waals surface area contributed by atoms with Crippen molar-refractivity contribution in [1.82, 2.24) is 15.5 Å². The molecule has 0 unspecified atom stereocenters. The molecule has 1 aromatic heterocycles. The molecular weight excluding hydrogens is 226 g/mol. The third-order valence-electron chi connectivity index (χ3n) is 2.97. The van der Waals surface area contributed by atoms with Gasteiger partial charge < -0.3 is 9.73 Å². The van der Waals surface area contributed by atoms with Crippen molar-refractivity contribution in [2.45, 2.75) is 32.7 Å². The standard InChI is InChI=1S/C14H19N3O/c1-11-16-17-13(18-11)9-15-10-14(2,3)12-7-5-4-6-8-12/h4-8,15H,9-10H2,1-3H3. The summed E-state index contributed by atoms with van der Waals surface area (Å²) < 4.78 is 5.32. The minimum absolute atomic E-state index is 0.0797. The van der Waals surface area contributed by atoms with E-state index in [1.807, 2.05) is 6.07 Å². The topological polar surface area (TPSA) is 51.0 Å². The Balaban J connectivity index is 1.89. The van der Waals surface area contributed by atoms with Crippen molar-refractivity contribution in [2.24, 2.45) is 0 Å². The van der Waals surface area contributed by atoms with Crippen LogP contribution in [0.15, 0.2) is 34.7 Å². The SMILES string of the molecule is Cc1nnc(CNCC(C)(C)c2ccccc2)o1. The number of nitrogens with one attached hydrogen (secondary N) is 1. The Morgan fingerprint density at radius 2 is 1.89 bits per heavy atom. The average molecular weight is 245 g/mol. The van der Waals surface area contributed by atoms with E-state index in [9.17, 15) is 0 Å². The molecule has 18 heavy (non-hydrogen) atoms. The van der Waals surface area contributed by atoms with E-state index in [0.29, 0.717) is 18.3 Å². The van der Waals surface area contributed by atoms with Gasteiger partial charge in [0, 0.05) is 18.9 Å². The highest BCUT2D eigenvalue weighted by Crippen LogP contribution is 2.21. The molecule has 1 aromatic carbocycles. The van der Waals surface area contributed by atoms with Crippen molar-refractivity contribution < 1.29 is 4.42 Å². The molecule has 0 bridgehead atoms. The summed E-state index contributed by atoms with van der Waals surface area (Å²) in [6, 6.07) is 10.5. The normalized spacial score (nSPS) is 11.7. The first-order chi connectivity index (χ1) is 8.58. The lowest BCUT2D eigenvalue weighted by Gasteiger charge is -2.25. The fourth-order valence-electron chi connectivity index (χ4n) is 1.88. The fraction of sp³-hybridized carbons (Fsp3) is 0.429. The first kappa shape index (κ1) is 12.8. The second-order valence-corrected chi connectivity index (χ2v) is 5.07. The van der Waals surface area contributed by atoms with Gasteiger partial charge in [-0.05, 0) is 5.56 Å². The molecular formula is C14H19N3O. The molecule has 0 atom stereocenters. The summed E-state index contributed by atoms with van der Waals surface area (Å²) in [5, 5.41) is 11.1. The molecule has 1 N–H and O–H groups in total. The quantitative estimate of drug-likeness (QED) is 0.879. The highest BCUT2D eigenvalue weighted by molar-refractivity contribution is 5.23. The minimum Gasteiger partial charge on any atom is -0.424 e. The van der Waals surface area contributed by atoms with Gasteiger partial charge in [0.1, 0.15) is 0 Å². The maximum absolute atomic E-state index is 5.32. The van der Waals surface area contributed by atoms with Gasteiger partial charge in [0.2, 0.25) is 11.8 Å².